The molecule has 1 atom stereocenters. The molecule has 0 aliphatic carbocycles. The number of hydrogen-bond acceptors (Lipinski definition) is 3. The Morgan fingerprint density at radius 2 is 1.88 bits per heavy atom. The van der Waals surface area contributed by atoms with E-state index in [-0.39, 0.29) is 18.2 Å². The molecule has 0 bridgehead atoms. The lowest BCUT2D eigenvalue weighted by Crippen LogP contribution is -2.48. The van der Waals surface area contributed by atoms with Crippen LogP contribution in [-0.2, 0) is 20.9 Å². The molecule has 2 aromatic rings. The molecule has 1 aliphatic heterocycles. The lowest BCUT2D eigenvalue weighted by atomic mass is 10.1. The summed E-state index contributed by atoms with van der Waals surface area (Å²) in [6.45, 7) is 1.53. The van der Waals surface area contributed by atoms with Gasteiger partial charge in [-0.2, -0.15) is 0 Å². The summed E-state index contributed by atoms with van der Waals surface area (Å²) in [5.74, 6) is -0.353. The maximum Gasteiger partial charge on any atom is 0.252 e. The van der Waals surface area contributed by atoms with Crippen LogP contribution < -0.4 is 5.32 Å². The number of carbonyl (C=O) groups excluding carboxylic acids is 2. The molecule has 0 spiro atoms. The van der Waals surface area contributed by atoms with Gasteiger partial charge in [-0.05, 0) is 52.4 Å². The van der Waals surface area contributed by atoms with Crippen LogP contribution in [0.4, 0.5) is 5.69 Å². The summed E-state index contributed by atoms with van der Waals surface area (Å²) in [6.07, 6.45) is -0.697. The number of nitrogens with one attached hydrogen (secondary N) is 1. The normalized spacial score (nSPS) is 17.4. The van der Waals surface area contributed by atoms with Gasteiger partial charge in [-0.1, -0.05) is 30.3 Å². The van der Waals surface area contributed by atoms with E-state index in [1.807, 2.05) is 54.6 Å². The Morgan fingerprint density at radius 3 is 2.60 bits per heavy atom. The smallest absolute Gasteiger partial charge is 0.252 e. The highest BCUT2D eigenvalue weighted by atomic mass is 127. The molecule has 130 valence electrons. The van der Waals surface area contributed by atoms with Crippen LogP contribution in [0.15, 0.2) is 54.6 Å². The average Bonchev–Trinajstić information content (AvgIpc) is 2.61. The second-order valence-corrected chi connectivity index (χ2v) is 7.11. The number of ether oxygens (including phenoxy) is 1. The topological polar surface area (TPSA) is 58.6 Å². The zero-order valence-corrected chi connectivity index (χ0v) is 15.8. The molecule has 1 fully saturated rings. The van der Waals surface area contributed by atoms with Crippen LogP contribution in [0, 0.1) is 3.57 Å². The number of nitrogens with zero attached hydrogens (tertiary/aromatic N) is 1. The molecule has 5 nitrogen and oxygen atoms in total. The van der Waals surface area contributed by atoms with Crippen LogP contribution in [0.1, 0.15) is 12.0 Å². The van der Waals surface area contributed by atoms with Gasteiger partial charge in [0.25, 0.3) is 5.91 Å². The van der Waals surface area contributed by atoms with Crippen molar-refractivity contribution in [3.8, 4) is 0 Å². The molecule has 1 aliphatic rings. The van der Waals surface area contributed by atoms with E-state index < -0.39 is 6.10 Å². The van der Waals surface area contributed by atoms with Gasteiger partial charge in [-0.15, -0.1) is 0 Å². The highest BCUT2D eigenvalue weighted by Crippen LogP contribution is 2.16. The van der Waals surface area contributed by atoms with Gasteiger partial charge in [-0.25, -0.2) is 0 Å². The number of halogens is 1. The molecule has 1 heterocycles. The third kappa shape index (κ3) is 5.02. The molecule has 1 unspecified atom stereocenters. The van der Waals surface area contributed by atoms with Crippen LogP contribution in [0.3, 0.4) is 0 Å². The van der Waals surface area contributed by atoms with Crippen molar-refractivity contribution in [3.05, 3.63) is 63.7 Å². The van der Waals surface area contributed by atoms with Crippen molar-refractivity contribution in [2.24, 2.45) is 0 Å². The highest BCUT2D eigenvalue weighted by Gasteiger charge is 2.31. The minimum absolute atomic E-state index is 0.0239. The molecule has 0 aromatic heterocycles. The Labute approximate surface area is 160 Å². The summed E-state index contributed by atoms with van der Waals surface area (Å²) in [7, 11) is 0. The predicted octanol–water partition coefficient (Wildman–Crippen LogP) is 3.05. The van der Waals surface area contributed by atoms with Gasteiger partial charge in [0.2, 0.25) is 5.91 Å². The molecule has 2 amide bonds. The molecule has 3 rings (SSSR count). The van der Waals surface area contributed by atoms with Crippen molar-refractivity contribution in [1.29, 1.82) is 0 Å². The fraction of sp³-hybridized carbons (Fsp3) is 0.263. The molecule has 6 heteroatoms. The number of benzene rings is 2. The van der Waals surface area contributed by atoms with Crippen LogP contribution in [0.2, 0.25) is 0 Å². The van der Waals surface area contributed by atoms with E-state index in [2.05, 4.69) is 27.9 Å². The molecule has 2 aromatic carbocycles. The summed E-state index contributed by atoms with van der Waals surface area (Å²) < 4.78 is 6.63. The molecule has 1 N–H and O–H groups in total. The number of anilines is 1. The summed E-state index contributed by atoms with van der Waals surface area (Å²) in [4.78, 5) is 26.5. The lowest BCUT2D eigenvalue weighted by molar-refractivity contribution is -0.155. The van der Waals surface area contributed by atoms with E-state index in [0.717, 1.165) is 14.8 Å². The maximum absolute atomic E-state index is 12.6. The largest absolute Gasteiger partial charge is 0.366 e. The number of carbonyl (C=O) groups is 2. The third-order valence-electron chi connectivity index (χ3n) is 3.98. The number of morpholine rings is 1. The van der Waals surface area contributed by atoms with E-state index in [0.29, 0.717) is 19.7 Å². The van der Waals surface area contributed by atoms with E-state index in [4.69, 9.17) is 4.74 Å². The summed E-state index contributed by atoms with van der Waals surface area (Å²) in [5, 5.41) is 2.81. The van der Waals surface area contributed by atoms with Crippen LogP contribution in [0.25, 0.3) is 0 Å². The van der Waals surface area contributed by atoms with E-state index in [1.54, 1.807) is 4.90 Å². The summed E-state index contributed by atoms with van der Waals surface area (Å²) in [5.41, 5.74) is 1.79. The molecule has 0 saturated carbocycles. The van der Waals surface area contributed by atoms with Crippen molar-refractivity contribution < 1.29 is 14.3 Å². The minimum Gasteiger partial charge on any atom is -0.366 e. The van der Waals surface area contributed by atoms with Crippen molar-refractivity contribution >= 4 is 40.1 Å². The molecule has 1 saturated heterocycles. The number of amides is 2. The van der Waals surface area contributed by atoms with Crippen LogP contribution in [0.5, 0.6) is 0 Å². The zero-order chi connectivity index (χ0) is 17.6. The summed E-state index contributed by atoms with van der Waals surface area (Å²) >= 11 is 2.21. The van der Waals surface area contributed by atoms with Crippen molar-refractivity contribution in [2.45, 2.75) is 19.1 Å². The lowest BCUT2D eigenvalue weighted by Gasteiger charge is -2.32. The molecule has 25 heavy (non-hydrogen) atoms. The quantitative estimate of drug-likeness (QED) is 0.713. The number of rotatable bonds is 5. The Bertz CT molecular complexity index is 734. The van der Waals surface area contributed by atoms with Gasteiger partial charge in [0.15, 0.2) is 0 Å². The Hall–Kier alpha value is -1.93. The zero-order valence-electron chi connectivity index (χ0n) is 13.7. The fourth-order valence-corrected chi connectivity index (χ4v) is 3.07. The predicted molar refractivity (Wildman–Crippen MR) is 104 cm³/mol. The van der Waals surface area contributed by atoms with Crippen LogP contribution in [-0.4, -0.2) is 36.0 Å². The van der Waals surface area contributed by atoms with Gasteiger partial charge in [0.1, 0.15) is 6.10 Å². The Balaban J connectivity index is 1.57. The van der Waals surface area contributed by atoms with E-state index >= 15 is 0 Å². The van der Waals surface area contributed by atoms with Gasteiger partial charge in [0, 0.05) is 22.3 Å². The molecular weight excluding hydrogens is 431 g/mol. The van der Waals surface area contributed by atoms with Gasteiger partial charge >= 0.3 is 0 Å². The highest BCUT2D eigenvalue weighted by molar-refractivity contribution is 14.1. The Kier molecular flexibility index (Phi) is 6.04. The first-order valence-corrected chi connectivity index (χ1v) is 9.19. The first kappa shape index (κ1) is 17.9. The van der Waals surface area contributed by atoms with Crippen LogP contribution >= 0.6 is 22.6 Å². The fourth-order valence-electron chi connectivity index (χ4n) is 2.71. The SMILES string of the molecule is O=C(CC1OCCN(Cc2ccccc2)C1=O)Nc1ccc(I)cc1. The summed E-state index contributed by atoms with van der Waals surface area (Å²) in [6, 6.07) is 17.3. The number of hydrogen-bond donors (Lipinski definition) is 1. The average molecular weight is 450 g/mol. The Morgan fingerprint density at radius 1 is 1.16 bits per heavy atom. The van der Waals surface area contributed by atoms with Gasteiger partial charge in [0.05, 0.1) is 13.0 Å². The molecule has 0 radical (unpaired) electrons. The third-order valence-corrected chi connectivity index (χ3v) is 4.70. The van der Waals surface area contributed by atoms with Gasteiger partial charge < -0.3 is 15.0 Å². The van der Waals surface area contributed by atoms with E-state index in [9.17, 15) is 9.59 Å². The second kappa shape index (κ2) is 8.44. The maximum atomic E-state index is 12.6. The van der Waals surface area contributed by atoms with Crippen molar-refractivity contribution in [1.82, 2.24) is 4.90 Å². The first-order chi connectivity index (χ1) is 12.1. The first-order valence-electron chi connectivity index (χ1n) is 8.11. The van der Waals surface area contributed by atoms with Crippen molar-refractivity contribution in [3.63, 3.8) is 0 Å². The van der Waals surface area contributed by atoms with Gasteiger partial charge in [-0.3, -0.25) is 9.59 Å². The second-order valence-electron chi connectivity index (χ2n) is 5.86. The van der Waals surface area contributed by atoms with Crippen molar-refractivity contribution in [2.75, 3.05) is 18.5 Å². The monoisotopic (exact) mass is 450 g/mol. The standard InChI is InChI=1S/C19H19IN2O3/c20-15-6-8-16(9-7-15)21-18(23)12-17-19(24)22(10-11-25-17)13-14-4-2-1-3-5-14/h1-9,17H,10-13H2,(H,21,23). The molecular formula is C19H19IN2O3. The van der Waals surface area contributed by atoms with E-state index in [1.165, 1.54) is 0 Å². The minimum atomic E-state index is -0.721.